The Morgan fingerprint density at radius 1 is 1.27 bits per heavy atom. The molecule has 0 amide bonds. The van der Waals surface area contributed by atoms with Crippen LogP contribution in [0.25, 0.3) is 0 Å². The van der Waals surface area contributed by atoms with Gasteiger partial charge in [0.1, 0.15) is 17.1 Å². The van der Waals surface area contributed by atoms with Gasteiger partial charge in [-0.05, 0) is 45.2 Å². The van der Waals surface area contributed by atoms with Crippen molar-refractivity contribution in [2.24, 2.45) is 0 Å². The van der Waals surface area contributed by atoms with Gasteiger partial charge in [-0.25, -0.2) is 0 Å². The standard InChI is InChI=1S/C19H26N4O3/c1-4-7-14-16(25-11-6-5-8-17-20-22-23-21-17)10-9-13-15(24)12-19(2,3)26-18(13)14/h9-10H,4-8,11-12H2,1-3H3,(H,20,21,22,23). The van der Waals surface area contributed by atoms with Gasteiger partial charge in [0.15, 0.2) is 11.6 Å². The van der Waals surface area contributed by atoms with E-state index >= 15 is 0 Å². The monoisotopic (exact) mass is 358 g/mol. The molecule has 1 aliphatic heterocycles. The molecule has 2 heterocycles. The molecule has 0 saturated carbocycles. The lowest BCUT2D eigenvalue weighted by molar-refractivity contribution is 0.0611. The molecule has 0 aliphatic carbocycles. The van der Waals surface area contributed by atoms with Gasteiger partial charge in [-0.3, -0.25) is 4.79 Å². The number of Topliss-reactive ketones (excluding diaryl/α,β-unsaturated/α-hetero) is 1. The molecule has 0 bridgehead atoms. The molecular weight excluding hydrogens is 332 g/mol. The molecule has 140 valence electrons. The van der Waals surface area contributed by atoms with E-state index in [2.05, 4.69) is 27.5 Å². The molecule has 0 spiro atoms. The van der Waals surface area contributed by atoms with Crippen LogP contribution in [0.15, 0.2) is 12.1 Å². The maximum absolute atomic E-state index is 12.4. The van der Waals surface area contributed by atoms with Crippen LogP contribution >= 0.6 is 0 Å². The van der Waals surface area contributed by atoms with E-state index in [-0.39, 0.29) is 5.78 Å². The number of nitrogens with zero attached hydrogens (tertiary/aromatic N) is 3. The van der Waals surface area contributed by atoms with Gasteiger partial charge >= 0.3 is 0 Å². The Bertz CT molecular complexity index is 756. The molecule has 7 nitrogen and oxygen atoms in total. The second-order valence-corrected chi connectivity index (χ2v) is 7.26. The molecule has 3 rings (SSSR count). The molecule has 1 N–H and O–H groups in total. The summed E-state index contributed by atoms with van der Waals surface area (Å²) in [5.74, 6) is 2.38. The zero-order chi connectivity index (χ0) is 18.6. The highest BCUT2D eigenvalue weighted by molar-refractivity contribution is 6.01. The third-order valence-electron chi connectivity index (χ3n) is 4.42. The number of benzene rings is 1. The van der Waals surface area contributed by atoms with Gasteiger partial charge in [0.2, 0.25) is 0 Å². The number of carbonyl (C=O) groups is 1. The van der Waals surface area contributed by atoms with Gasteiger partial charge < -0.3 is 9.47 Å². The topological polar surface area (TPSA) is 90.0 Å². The Hall–Kier alpha value is -2.44. The summed E-state index contributed by atoms with van der Waals surface area (Å²) in [5, 5.41) is 13.9. The number of rotatable bonds is 8. The van der Waals surface area contributed by atoms with E-state index in [0.29, 0.717) is 24.3 Å². The Labute approximate surface area is 153 Å². The predicted octanol–water partition coefficient (Wildman–Crippen LogP) is 3.30. The fraction of sp³-hybridized carbons (Fsp3) is 0.579. The van der Waals surface area contributed by atoms with Gasteiger partial charge in [0, 0.05) is 12.0 Å². The van der Waals surface area contributed by atoms with E-state index in [9.17, 15) is 4.79 Å². The highest BCUT2D eigenvalue weighted by Gasteiger charge is 2.34. The van der Waals surface area contributed by atoms with Crippen LogP contribution in [-0.2, 0) is 12.8 Å². The summed E-state index contributed by atoms with van der Waals surface area (Å²) >= 11 is 0. The van der Waals surface area contributed by atoms with Crippen molar-refractivity contribution < 1.29 is 14.3 Å². The Kier molecular flexibility index (Phi) is 5.54. The number of H-pyrrole nitrogens is 1. The summed E-state index contributed by atoms with van der Waals surface area (Å²) in [6.07, 6.45) is 4.78. The lowest BCUT2D eigenvalue weighted by atomic mass is 9.90. The summed E-state index contributed by atoms with van der Waals surface area (Å²) in [7, 11) is 0. The zero-order valence-corrected chi connectivity index (χ0v) is 15.7. The highest BCUT2D eigenvalue weighted by atomic mass is 16.5. The largest absolute Gasteiger partial charge is 0.493 e. The van der Waals surface area contributed by atoms with E-state index in [1.165, 1.54) is 0 Å². The van der Waals surface area contributed by atoms with Crippen LogP contribution in [0.3, 0.4) is 0 Å². The first-order chi connectivity index (χ1) is 12.5. The maximum Gasteiger partial charge on any atom is 0.174 e. The minimum absolute atomic E-state index is 0.139. The number of ether oxygens (including phenoxy) is 2. The van der Waals surface area contributed by atoms with Crippen molar-refractivity contribution in [1.29, 1.82) is 0 Å². The SMILES string of the molecule is CCCc1c(OCCCCc2nn[nH]n2)ccc2c1OC(C)(C)CC2=O. The second-order valence-electron chi connectivity index (χ2n) is 7.26. The first kappa shape index (κ1) is 18.4. The Balaban J connectivity index is 1.68. The van der Waals surface area contributed by atoms with E-state index in [4.69, 9.17) is 9.47 Å². The van der Waals surface area contributed by atoms with E-state index in [0.717, 1.165) is 49.2 Å². The third kappa shape index (κ3) is 4.20. The summed E-state index contributed by atoms with van der Waals surface area (Å²) < 4.78 is 12.2. The molecule has 0 radical (unpaired) electrons. The second kappa shape index (κ2) is 7.85. The molecule has 1 aromatic carbocycles. The molecule has 0 fully saturated rings. The van der Waals surface area contributed by atoms with Gasteiger partial charge in [-0.1, -0.05) is 18.6 Å². The fourth-order valence-electron chi connectivity index (χ4n) is 3.22. The number of nitrogens with one attached hydrogen (secondary N) is 1. The Morgan fingerprint density at radius 3 is 2.85 bits per heavy atom. The van der Waals surface area contributed by atoms with Crippen LogP contribution in [0.2, 0.25) is 0 Å². The van der Waals surface area contributed by atoms with Crippen molar-refractivity contribution in [1.82, 2.24) is 20.6 Å². The quantitative estimate of drug-likeness (QED) is 0.728. The summed E-state index contributed by atoms with van der Waals surface area (Å²) in [6, 6.07) is 3.74. The molecule has 0 saturated heterocycles. The van der Waals surface area contributed by atoms with Crippen LogP contribution in [0, 0.1) is 0 Å². The smallest absolute Gasteiger partial charge is 0.174 e. The number of aryl methyl sites for hydroxylation is 1. The Morgan fingerprint density at radius 2 is 2.12 bits per heavy atom. The number of hydrogen-bond donors (Lipinski definition) is 1. The first-order valence-electron chi connectivity index (χ1n) is 9.23. The van der Waals surface area contributed by atoms with Gasteiger partial charge in [-0.2, -0.15) is 5.21 Å². The number of ketones is 1. The van der Waals surface area contributed by atoms with Gasteiger partial charge in [0.25, 0.3) is 0 Å². The minimum atomic E-state index is -0.476. The lowest BCUT2D eigenvalue weighted by Gasteiger charge is -2.33. The van der Waals surface area contributed by atoms with Crippen LogP contribution in [0.5, 0.6) is 11.5 Å². The number of hydrogen-bond acceptors (Lipinski definition) is 6. The van der Waals surface area contributed by atoms with Crippen LogP contribution in [0.4, 0.5) is 0 Å². The minimum Gasteiger partial charge on any atom is -0.493 e. The molecule has 7 heteroatoms. The van der Waals surface area contributed by atoms with Crippen molar-refractivity contribution in [3.8, 4) is 11.5 Å². The summed E-state index contributed by atoms with van der Waals surface area (Å²) in [4.78, 5) is 12.4. The molecule has 0 atom stereocenters. The van der Waals surface area contributed by atoms with E-state index in [1.54, 1.807) is 0 Å². The maximum atomic E-state index is 12.4. The number of carbonyl (C=O) groups excluding carboxylic acids is 1. The summed E-state index contributed by atoms with van der Waals surface area (Å²) in [6.45, 7) is 6.62. The number of aromatic nitrogens is 4. The number of unbranched alkanes of at least 4 members (excludes halogenated alkanes) is 1. The van der Waals surface area contributed by atoms with Crippen molar-refractivity contribution in [2.45, 2.75) is 64.9 Å². The summed E-state index contributed by atoms with van der Waals surface area (Å²) in [5.41, 5.74) is 1.21. The van der Waals surface area contributed by atoms with Crippen molar-refractivity contribution in [2.75, 3.05) is 6.61 Å². The van der Waals surface area contributed by atoms with Gasteiger partial charge in [0.05, 0.1) is 18.6 Å². The average molecular weight is 358 g/mol. The van der Waals surface area contributed by atoms with Crippen molar-refractivity contribution in [3.05, 3.63) is 29.1 Å². The van der Waals surface area contributed by atoms with E-state index in [1.807, 2.05) is 26.0 Å². The molecular formula is C19H26N4O3. The number of tetrazole rings is 1. The van der Waals surface area contributed by atoms with E-state index < -0.39 is 5.60 Å². The molecule has 1 aromatic heterocycles. The van der Waals surface area contributed by atoms with Crippen LogP contribution in [0.1, 0.15) is 68.2 Å². The van der Waals surface area contributed by atoms with Crippen LogP contribution < -0.4 is 9.47 Å². The third-order valence-corrected chi connectivity index (χ3v) is 4.42. The molecule has 26 heavy (non-hydrogen) atoms. The fourth-order valence-corrected chi connectivity index (χ4v) is 3.22. The highest BCUT2D eigenvalue weighted by Crippen LogP contribution is 2.40. The van der Waals surface area contributed by atoms with Crippen molar-refractivity contribution >= 4 is 5.78 Å². The van der Waals surface area contributed by atoms with Crippen molar-refractivity contribution in [3.63, 3.8) is 0 Å². The molecule has 0 unspecified atom stereocenters. The normalized spacial score (nSPS) is 15.4. The van der Waals surface area contributed by atoms with Gasteiger partial charge in [-0.15, -0.1) is 10.2 Å². The first-order valence-corrected chi connectivity index (χ1v) is 9.23. The number of fused-ring (bicyclic) bond motifs is 1. The number of aromatic amines is 1. The van der Waals surface area contributed by atoms with Crippen LogP contribution in [-0.4, -0.2) is 38.6 Å². The molecule has 2 aromatic rings. The predicted molar refractivity (Wildman–Crippen MR) is 96.7 cm³/mol. The average Bonchev–Trinajstić information content (AvgIpc) is 3.09. The lowest BCUT2D eigenvalue weighted by Crippen LogP contribution is -2.36. The zero-order valence-electron chi connectivity index (χ0n) is 15.7. The molecule has 1 aliphatic rings.